The van der Waals surface area contributed by atoms with E-state index in [1.165, 1.54) is 10.5 Å². The quantitative estimate of drug-likeness (QED) is 0.738. The molecule has 2 aliphatic rings. The van der Waals surface area contributed by atoms with Gasteiger partial charge in [-0.25, -0.2) is 0 Å². The normalized spacial score (nSPS) is 25.9. The molecule has 158 valence electrons. The van der Waals surface area contributed by atoms with E-state index in [1.807, 2.05) is 42.5 Å². The van der Waals surface area contributed by atoms with Gasteiger partial charge in [0, 0.05) is 17.4 Å². The summed E-state index contributed by atoms with van der Waals surface area (Å²) < 4.78 is 5.39. The van der Waals surface area contributed by atoms with Crippen molar-refractivity contribution in [1.82, 2.24) is 0 Å². The molecule has 0 spiro atoms. The van der Waals surface area contributed by atoms with Gasteiger partial charge in [-0.3, -0.25) is 0 Å². The average Bonchev–Trinajstić information content (AvgIpc) is 2.84. The Balaban J connectivity index is 1.82. The molecule has 1 aliphatic heterocycles. The van der Waals surface area contributed by atoms with Crippen molar-refractivity contribution < 1.29 is 9.64 Å². The van der Waals surface area contributed by atoms with E-state index < -0.39 is 17.3 Å². The van der Waals surface area contributed by atoms with Crippen LogP contribution in [-0.2, 0) is 6.54 Å². The Morgan fingerprint density at radius 1 is 1.09 bits per heavy atom. The number of quaternary nitrogens is 1. The minimum atomic E-state index is -1.70. The predicted molar refractivity (Wildman–Crippen MR) is 119 cm³/mol. The van der Waals surface area contributed by atoms with Gasteiger partial charge >= 0.3 is 0 Å². The van der Waals surface area contributed by atoms with Crippen LogP contribution in [0.1, 0.15) is 17.0 Å². The summed E-state index contributed by atoms with van der Waals surface area (Å²) in [5, 5.41) is 39.0. The van der Waals surface area contributed by atoms with E-state index >= 15 is 0 Å². The Labute approximate surface area is 188 Å². The minimum Gasteiger partial charge on any atom is -0.497 e. The van der Waals surface area contributed by atoms with Gasteiger partial charge in [0.2, 0.25) is 0 Å². The molecule has 4 atom stereocenters. The van der Waals surface area contributed by atoms with Crippen LogP contribution < -0.4 is 9.64 Å². The maximum atomic E-state index is 10.2. The molecule has 6 heteroatoms. The Morgan fingerprint density at radius 3 is 2.50 bits per heavy atom. The fraction of sp³-hybridized carbons (Fsp3) is 0.308. The first kappa shape index (κ1) is 21.3. The zero-order valence-corrected chi connectivity index (χ0v) is 17.9. The number of nitrogens with zero attached hydrogens (tertiary/aromatic N) is 3. The van der Waals surface area contributed by atoms with Crippen LogP contribution in [0.4, 0.5) is 0 Å². The summed E-state index contributed by atoms with van der Waals surface area (Å²) >= 11 is 0. The lowest BCUT2D eigenvalue weighted by Gasteiger charge is -2.46. The van der Waals surface area contributed by atoms with Crippen molar-refractivity contribution in [3.63, 3.8) is 0 Å². The van der Waals surface area contributed by atoms with Crippen LogP contribution in [-0.4, -0.2) is 25.9 Å². The molecule has 0 amide bonds. The van der Waals surface area contributed by atoms with Crippen LogP contribution in [0.3, 0.4) is 0 Å². The summed E-state index contributed by atoms with van der Waals surface area (Å²) in [5.74, 6) is -0.967. The Kier molecular flexibility index (Phi) is 5.78. The van der Waals surface area contributed by atoms with E-state index in [0.29, 0.717) is 12.3 Å². The van der Waals surface area contributed by atoms with Crippen LogP contribution >= 0.6 is 0 Å². The maximum absolute atomic E-state index is 10.2. The summed E-state index contributed by atoms with van der Waals surface area (Å²) in [6.45, 7) is 2.23. The van der Waals surface area contributed by atoms with E-state index in [2.05, 4.69) is 36.4 Å². The molecular weight excluding hydrogens is 398 g/mol. The summed E-state index contributed by atoms with van der Waals surface area (Å²) in [5.41, 5.74) is 1.04. The number of nitrogens with one attached hydrogen (secondary N) is 2. The monoisotopic (exact) mass is 422 g/mol. The molecule has 0 saturated heterocycles. The fourth-order valence-corrected chi connectivity index (χ4v) is 5.20. The van der Waals surface area contributed by atoms with E-state index in [9.17, 15) is 15.8 Å². The second-order valence-corrected chi connectivity index (χ2v) is 8.39. The number of benzene rings is 2. The molecule has 1 unspecified atom stereocenters. The van der Waals surface area contributed by atoms with Gasteiger partial charge in [-0.15, -0.1) is 0 Å². The minimum absolute atomic E-state index is 0.119. The molecule has 32 heavy (non-hydrogen) atoms. The van der Waals surface area contributed by atoms with Crippen molar-refractivity contribution in [1.29, 1.82) is 21.2 Å². The first-order valence-corrected chi connectivity index (χ1v) is 10.6. The molecule has 2 aromatic rings. The first-order chi connectivity index (χ1) is 15.6. The van der Waals surface area contributed by atoms with Crippen LogP contribution in [0.15, 0.2) is 66.2 Å². The second kappa shape index (κ2) is 8.67. The molecule has 4 rings (SSSR count). The largest absolute Gasteiger partial charge is 0.497 e. The number of hydrogen-bond donors (Lipinski definition) is 2. The summed E-state index contributed by atoms with van der Waals surface area (Å²) in [4.78, 5) is 1.30. The zero-order valence-electron chi connectivity index (χ0n) is 17.9. The van der Waals surface area contributed by atoms with Crippen LogP contribution in [0, 0.1) is 56.7 Å². The summed E-state index contributed by atoms with van der Waals surface area (Å²) in [6.07, 6.45) is 2.06. The van der Waals surface area contributed by atoms with Gasteiger partial charge in [0.15, 0.2) is 5.41 Å². The van der Waals surface area contributed by atoms with E-state index in [1.54, 1.807) is 7.11 Å². The van der Waals surface area contributed by atoms with Crippen LogP contribution in [0.5, 0.6) is 5.75 Å². The molecule has 1 heterocycles. The Morgan fingerprint density at radius 2 is 1.84 bits per heavy atom. The number of nitriles is 3. The Hall–Kier alpha value is -3.92. The van der Waals surface area contributed by atoms with Gasteiger partial charge in [0.05, 0.1) is 44.1 Å². The summed E-state index contributed by atoms with van der Waals surface area (Å²) in [6, 6.07) is 24.1. The smallest absolute Gasteiger partial charge is 0.189 e. The van der Waals surface area contributed by atoms with Gasteiger partial charge in [-0.1, -0.05) is 42.5 Å². The molecule has 0 radical (unpaired) electrons. The van der Waals surface area contributed by atoms with Crippen molar-refractivity contribution in [3.8, 4) is 24.0 Å². The highest BCUT2D eigenvalue weighted by Gasteiger charge is 2.58. The van der Waals surface area contributed by atoms with Crippen LogP contribution in [0.25, 0.3) is 0 Å². The van der Waals surface area contributed by atoms with Gasteiger partial charge in [0.25, 0.3) is 0 Å². The second-order valence-electron chi connectivity index (χ2n) is 8.39. The number of hydrogen-bond acceptors (Lipinski definition) is 5. The van der Waals surface area contributed by atoms with Gasteiger partial charge < -0.3 is 15.0 Å². The third-order valence-corrected chi connectivity index (χ3v) is 6.71. The van der Waals surface area contributed by atoms with Crippen molar-refractivity contribution in [2.24, 2.45) is 17.3 Å². The third kappa shape index (κ3) is 3.44. The van der Waals surface area contributed by atoms with Crippen molar-refractivity contribution in [2.75, 3.05) is 20.2 Å². The third-order valence-electron chi connectivity index (χ3n) is 6.71. The van der Waals surface area contributed by atoms with Gasteiger partial charge in [-0.05, 0) is 29.3 Å². The highest BCUT2D eigenvalue weighted by Crippen LogP contribution is 2.52. The van der Waals surface area contributed by atoms with Crippen molar-refractivity contribution in [3.05, 3.63) is 77.4 Å². The molecule has 1 fully saturated rings. The topological polar surface area (TPSA) is 109 Å². The molecule has 0 bridgehead atoms. The van der Waals surface area contributed by atoms with Gasteiger partial charge in [0.1, 0.15) is 18.2 Å². The van der Waals surface area contributed by atoms with E-state index in [0.717, 1.165) is 24.2 Å². The van der Waals surface area contributed by atoms with Crippen molar-refractivity contribution >= 4 is 5.71 Å². The van der Waals surface area contributed by atoms with E-state index in [-0.39, 0.29) is 11.6 Å². The number of ether oxygens (including phenoxy) is 1. The van der Waals surface area contributed by atoms with E-state index in [4.69, 9.17) is 10.1 Å². The molecule has 0 aromatic heterocycles. The molecule has 6 nitrogen and oxygen atoms in total. The fourth-order valence-electron chi connectivity index (χ4n) is 5.20. The number of methoxy groups -OCH3 is 1. The molecule has 1 aliphatic carbocycles. The van der Waals surface area contributed by atoms with Gasteiger partial charge in [-0.2, -0.15) is 15.8 Å². The molecule has 1 saturated carbocycles. The molecule has 2 aromatic carbocycles. The molecular formula is C26H24N5O+. The lowest BCUT2D eigenvalue weighted by Crippen LogP contribution is -3.12. The number of fused-ring (bicyclic) bond motifs is 1. The van der Waals surface area contributed by atoms with Crippen molar-refractivity contribution in [2.45, 2.75) is 12.5 Å². The maximum Gasteiger partial charge on any atom is 0.189 e. The van der Waals surface area contributed by atoms with Crippen LogP contribution in [0.2, 0.25) is 0 Å². The lowest BCUT2D eigenvalue weighted by atomic mass is 9.54. The highest BCUT2D eigenvalue weighted by molar-refractivity contribution is 6.00. The zero-order chi connectivity index (χ0) is 22.7. The SMILES string of the molecule is COc1cccc([C@@H]2[C@H]3C[NH+](Cc4ccccc4)CC=C3[C@H](C#N)C(=N)C2(C#N)C#N)c1. The first-order valence-electron chi connectivity index (χ1n) is 10.6. The summed E-state index contributed by atoms with van der Waals surface area (Å²) in [7, 11) is 1.58. The molecule has 2 N–H and O–H groups in total. The Bertz CT molecular complexity index is 1170. The average molecular weight is 423 g/mol. The highest BCUT2D eigenvalue weighted by atomic mass is 16.5. The predicted octanol–water partition coefficient (Wildman–Crippen LogP) is 2.63. The lowest BCUT2D eigenvalue weighted by molar-refractivity contribution is -0.913. The standard InChI is InChI=1S/C26H23N5O/c1-32-20-9-5-8-19(12-20)24-23-15-31(14-18-6-3-2-4-7-18)11-10-21(23)22(13-27)25(30)26(24,16-28)17-29/h2-10,12,22-24,30H,11,14-15H2,1H3/p+1/t22-,23-,24+/m0/s1. The number of rotatable bonds is 4.